The molecule has 0 unspecified atom stereocenters. The van der Waals surface area contributed by atoms with Gasteiger partial charge in [0, 0.05) is 22.9 Å². The number of aromatic amines is 1. The number of rotatable bonds is 2. The summed E-state index contributed by atoms with van der Waals surface area (Å²) >= 11 is 1.33. The molecule has 0 saturated heterocycles. The lowest BCUT2D eigenvalue weighted by Gasteiger charge is -2.38. The first kappa shape index (κ1) is 14.7. The topological polar surface area (TPSA) is 74.8 Å². The molecular weight excluding hydrogens is 341 g/mol. The summed E-state index contributed by atoms with van der Waals surface area (Å²) in [6.45, 7) is 0.525. The molecule has 0 radical (unpaired) electrons. The van der Waals surface area contributed by atoms with Crippen LogP contribution in [-0.2, 0) is 5.41 Å². The van der Waals surface area contributed by atoms with Gasteiger partial charge in [0.05, 0.1) is 5.69 Å². The fraction of sp³-hybridized carbons (Fsp3) is 0.294. The number of carbonyl (C=O) groups is 1. The van der Waals surface area contributed by atoms with Gasteiger partial charge in [0.1, 0.15) is 17.8 Å². The first-order valence-electron chi connectivity index (χ1n) is 8.10. The van der Waals surface area contributed by atoms with Crippen LogP contribution < -0.4 is 4.90 Å². The van der Waals surface area contributed by atoms with Crippen molar-refractivity contribution in [3.8, 4) is 10.8 Å². The normalized spacial score (nSPS) is 17.6. The Kier molecular flexibility index (Phi) is 3.05. The van der Waals surface area contributed by atoms with Gasteiger partial charge in [0.2, 0.25) is 0 Å². The number of hydrogen-bond donors (Lipinski definition) is 1. The number of H-pyrrole nitrogens is 1. The molecule has 1 aromatic carbocycles. The number of thiazole rings is 1. The minimum Gasteiger partial charge on any atom is -0.306 e. The van der Waals surface area contributed by atoms with Crippen LogP contribution in [0.1, 0.15) is 35.3 Å². The van der Waals surface area contributed by atoms with Gasteiger partial charge in [0.15, 0.2) is 10.8 Å². The number of anilines is 1. The predicted molar refractivity (Wildman–Crippen MR) is 91.1 cm³/mol. The van der Waals surface area contributed by atoms with E-state index in [1.807, 2.05) is 6.07 Å². The van der Waals surface area contributed by atoms with E-state index in [4.69, 9.17) is 0 Å². The Balaban J connectivity index is 1.52. The van der Waals surface area contributed by atoms with Crippen molar-refractivity contribution in [3.05, 3.63) is 47.0 Å². The molecule has 6 nitrogen and oxygen atoms in total. The maximum atomic E-state index is 14.5. The second kappa shape index (κ2) is 5.19. The van der Waals surface area contributed by atoms with E-state index >= 15 is 0 Å². The average Bonchev–Trinajstić information content (AvgIpc) is 3.31. The van der Waals surface area contributed by atoms with Crippen molar-refractivity contribution in [2.45, 2.75) is 24.7 Å². The second-order valence-electron chi connectivity index (χ2n) is 6.53. The summed E-state index contributed by atoms with van der Waals surface area (Å²) in [4.78, 5) is 23.2. The molecule has 1 aliphatic carbocycles. The Bertz CT molecular complexity index is 963. The van der Waals surface area contributed by atoms with Gasteiger partial charge in [-0.2, -0.15) is 5.10 Å². The van der Waals surface area contributed by atoms with Gasteiger partial charge < -0.3 is 4.90 Å². The predicted octanol–water partition coefficient (Wildman–Crippen LogP) is 3.15. The Morgan fingerprint density at radius 3 is 2.96 bits per heavy atom. The lowest BCUT2D eigenvalue weighted by Crippen LogP contribution is -2.41. The standard InChI is InChI=1S/C17H14FN5OS/c18-10-3-1-4-12-13(10)17(5-2-6-17)8-23(12)16(24)11-7-25-15(21-11)14-19-9-20-22-14/h1,3-4,7,9H,2,5-6,8H2,(H,19,20,22). The molecular formula is C17H14FN5OS. The maximum Gasteiger partial charge on any atom is 0.277 e. The Labute approximate surface area is 146 Å². The lowest BCUT2D eigenvalue weighted by atomic mass is 9.65. The second-order valence-corrected chi connectivity index (χ2v) is 7.39. The number of nitrogens with zero attached hydrogens (tertiary/aromatic N) is 4. The van der Waals surface area contributed by atoms with Crippen molar-refractivity contribution < 1.29 is 9.18 Å². The highest BCUT2D eigenvalue weighted by molar-refractivity contribution is 7.13. The molecule has 0 atom stereocenters. The number of benzene rings is 1. The van der Waals surface area contributed by atoms with Crippen molar-refractivity contribution in [2.24, 2.45) is 0 Å². The van der Waals surface area contributed by atoms with E-state index in [1.54, 1.807) is 16.3 Å². The SMILES string of the molecule is O=C(c1csc(-c2ncn[nH]2)n1)N1CC2(CCC2)c2c(F)cccc21. The van der Waals surface area contributed by atoms with Crippen LogP contribution in [0.2, 0.25) is 0 Å². The third kappa shape index (κ3) is 2.07. The van der Waals surface area contributed by atoms with Gasteiger partial charge in [-0.25, -0.2) is 14.4 Å². The van der Waals surface area contributed by atoms with Crippen LogP contribution in [0.15, 0.2) is 29.9 Å². The largest absolute Gasteiger partial charge is 0.306 e. The summed E-state index contributed by atoms with van der Waals surface area (Å²) < 4.78 is 14.5. The van der Waals surface area contributed by atoms with Crippen LogP contribution in [-0.4, -0.2) is 32.6 Å². The van der Waals surface area contributed by atoms with Crippen molar-refractivity contribution in [3.63, 3.8) is 0 Å². The van der Waals surface area contributed by atoms with Crippen molar-refractivity contribution >= 4 is 22.9 Å². The summed E-state index contributed by atoms with van der Waals surface area (Å²) in [5.74, 6) is 0.123. The smallest absolute Gasteiger partial charge is 0.277 e. The van der Waals surface area contributed by atoms with E-state index < -0.39 is 0 Å². The molecule has 1 amide bonds. The maximum absolute atomic E-state index is 14.5. The van der Waals surface area contributed by atoms with E-state index in [2.05, 4.69) is 20.2 Å². The summed E-state index contributed by atoms with van der Waals surface area (Å²) in [5, 5.41) is 8.87. The number of amides is 1. The third-order valence-electron chi connectivity index (χ3n) is 5.17. The number of fused-ring (bicyclic) bond motifs is 2. The van der Waals surface area contributed by atoms with E-state index in [1.165, 1.54) is 23.7 Å². The lowest BCUT2D eigenvalue weighted by molar-refractivity contribution is 0.0975. The van der Waals surface area contributed by atoms with Crippen molar-refractivity contribution in [2.75, 3.05) is 11.4 Å². The number of hydrogen-bond acceptors (Lipinski definition) is 5. The Morgan fingerprint density at radius 2 is 2.24 bits per heavy atom. The zero-order valence-electron chi connectivity index (χ0n) is 13.2. The zero-order chi connectivity index (χ0) is 17.0. The quantitative estimate of drug-likeness (QED) is 0.766. The minimum absolute atomic E-state index is 0.197. The van der Waals surface area contributed by atoms with Crippen LogP contribution in [0.5, 0.6) is 0 Å². The Hall–Kier alpha value is -2.61. The highest BCUT2D eigenvalue weighted by Gasteiger charge is 2.50. The van der Waals surface area contributed by atoms with E-state index in [0.717, 1.165) is 19.3 Å². The molecule has 3 heterocycles. The molecule has 25 heavy (non-hydrogen) atoms. The molecule has 1 aliphatic heterocycles. The fourth-order valence-corrected chi connectivity index (χ4v) is 4.59. The van der Waals surface area contributed by atoms with Gasteiger partial charge in [0.25, 0.3) is 5.91 Å². The third-order valence-corrected chi connectivity index (χ3v) is 6.02. The van der Waals surface area contributed by atoms with Gasteiger partial charge in [-0.05, 0) is 25.0 Å². The molecule has 5 rings (SSSR count). The summed E-state index contributed by atoms with van der Waals surface area (Å²) in [7, 11) is 0. The summed E-state index contributed by atoms with van der Waals surface area (Å²) in [6.07, 6.45) is 4.32. The van der Waals surface area contributed by atoms with Gasteiger partial charge in [-0.3, -0.25) is 9.89 Å². The van der Waals surface area contributed by atoms with Crippen LogP contribution >= 0.6 is 11.3 Å². The molecule has 0 bridgehead atoms. The Morgan fingerprint density at radius 1 is 1.36 bits per heavy atom. The number of halogens is 1. The number of carbonyl (C=O) groups excluding carboxylic acids is 1. The van der Waals surface area contributed by atoms with Gasteiger partial charge >= 0.3 is 0 Å². The van der Waals surface area contributed by atoms with Crippen LogP contribution in [0.3, 0.4) is 0 Å². The molecule has 2 aliphatic rings. The highest BCUT2D eigenvalue weighted by Crippen LogP contribution is 2.53. The highest BCUT2D eigenvalue weighted by atomic mass is 32.1. The molecule has 1 saturated carbocycles. The molecule has 1 fully saturated rings. The number of nitrogens with one attached hydrogen (secondary N) is 1. The summed E-state index contributed by atoms with van der Waals surface area (Å²) in [6, 6.07) is 4.97. The molecule has 2 aromatic heterocycles. The molecule has 1 spiro atoms. The van der Waals surface area contributed by atoms with E-state index in [9.17, 15) is 9.18 Å². The fourth-order valence-electron chi connectivity index (χ4n) is 3.85. The van der Waals surface area contributed by atoms with E-state index in [-0.39, 0.29) is 17.1 Å². The molecule has 1 N–H and O–H groups in total. The zero-order valence-corrected chi connectivity index (χ0v) is 14.0. The average molecular weight is 355 g/mol. The van der Waals surface area contributed by atoms with E-state index in [0.29, 0.717) is 34.3 Å². The van der Waals surface area contributed by atoms with Crippen LogP contribution in [0, 0.1) is 5.82 Å². The van der Waals surface area contributed by atoms with Crippen molar-refractivity contribution in [1.29, 1.82) is 0 Å². The van der Waals surface area contributed by atoms with Crippen molar-refractivity contribution in [1.82, 2.24) is 20.2 Å². The first-order valence-corrected chi connectivity index (χ1v) is 8.98. The van der Waals surface area contributed by atoms with Crippen LogP contribution in [0.25, 0.3) is 10.8 Å². The number of aromatic nitrogens is 4. The first-order chi connectivity index (χ1) is 12.2. The molecule has 126 valence electrons. The monoisotopic (exact) mass is 355 g/mol. The molecule has 8 heteroatoms. The molecule has 3 aromatic rings. The summed E-state index contributed by atoms with van der Waals surface area (Å²) in [5.41, 5.74) is 1.50. The van der Waals surface area contributed by atoms with Gasteiger partial charge in [-0.15, -0.1) is 11.3 Å². The minimum atomic E-state index is -0.222. The van der Waals surface area contributed by atoms with Gasteiger partial charge in [-0.1, -0.05) is 12.5 Å². The van der Waals surface area contributed by atoms with Crippen LogP contribution in [0.4, 0.5) is 10.1 Å².